The van der Waals surface area contributed by atoms with Crippen molar-refractivity contribution in [1.29, 1.82) is 0 Å². The van der Waals surface area contributed by atoms with E-state index >= 15 is 0 Å². The standard InChI is InChI=1S/C17H27NO5/c1-15(2,3)23-14(21)13-16(18-9-12(19)20)5-10-4-11(6-16)8-17(13,22)7-10/h10-11,13,18,22H,4-9H2,1-3H3,(H,19,20)/t10?,11?,13-,16?,17?/m1/s1. The summed E-state index contributed by atoms with van der Waals surface area (Å²) >= 11 is 0. The molecule has 4 fully saturated rings. The Balaban J connectivity index is 1.92. The lowest BCUT2D eigenvalue weighted by Crippen LogP contribution is -2.73. The maximum atomic E-state index is 12.8. The summed E-state index contributed by atoms with van der Waals surface area (Å²) in [6.45, 7) is 5.22. The molecule has 130 valence electrons. The molecular formula is C17H27NO5. The molecule has 4 aliphatic carbocycles. The van der Waals surface area contributed by atoms with Crippen LogP contribution in [0.2, 0.25) is 0 Å². The first-order valence-electron chi connectivity index (χ1n) is 8.45. The molecule has 0 aromatic rings. The Hall–Kier alpha value is -1.14. The normalized spacial score (nSPS) is 41.8. The van der Waals surface area contributed by atoms with E-state index < -0.39 is 34.6 Å². The molecule has 6 heteroatoms. The van der Waals surface area contributed by atoms with E-state index in [-0.39, 0.29) is 6.54 Å². The lowest BCUT2D eigenvalue weighted by atomic mass is 9.46. The molecular weight excluding hydrogens is 298 g/mol. The second kappa shape index (κ2) is 5.18. The molecule has 0 amide bonds. The highest BCUT2D eigenvalue weighted by molar-refractivity contribution is 5.77. The average Bonchev–Trinajstić information content (AvgIpc) is 2.31. The van der Waals surface area contributed by atoms with Crippen molar-refractivity contribution in [2.45, 2.75) is 69.6 Å². The fraction of sp³-hybridized carbons (Fsp3) is 0.882. The van der Waals surface area contributed by atoms with Crippen molar-refractivity contribution >= 4 is 11.9 Å². The number of carboxylic acid groups (broad SMARTS) is 1. The van der Waals surface area contributed by atoms with E-state index in [0.717, 1.165) is 19.3 Å². The molecule has 0 radical (unpaired) electrons. The van der Waals surface area contributed by atoms with E-state index in [9.17, 15) is 14.7 Å². The number of hydrogen-bond acceptors (Lipinski definition) is 5. The van der Waals surface area contributed by atoms with Gasteiger partial charge in [-0.15, -0.1) is 0 Å². The monoisotopic (exact) mass is 325 g/mol. The summed E-state index contributed by atoms with van der Waals surface area (Å²) in [4.78, 5) is 23.9. The van der Waals surface area contributed by atoms with Crippen LogP contribution in [0.3, 0.4) is 0 Å². The molecule has 0 aromatic carbocycles. The average molecular weight is 325 g/mol. The molecule has 3 N–H and O–H groups in total. The van der Waals surface area contributed by atoms with E-state index in [2.05, 4.69) is 5.32 Å². The molecule has 4 aliphatic rings. The van der Waals surface area contributed by atoms with Crippen LogP contribution in [0, 0.1) is 17.8 Å². The van der Waals surface area contributed by atoms with Gasteiger partial charge in [0, 0.05) is 5.54 Å². The number of ether oxygens (including phenoxy) is 1. The van der Waals surface area contributed by atoms with E-state index in [1.54, 1.807) is 0 Å². The van der Waals surface area contributed by atoms with Crippen LogP contribution in [0.1, 0.15) is 52.9 Å². The number of carbonyl (C=O) groups excluding carboxylic acids is 1. The summed E-state index contributed by atoms with van der Waals surface area (Å²) in [5.41, 5.74) is -2.35. The fourth-order valence-corrected chi connectivity index (χ4v) is 5.44. The predicted molar refractivity (Wildman–Crippen MR) is 82.7 cm³/mol. The highest BCUT2D eigenvalue weighted by atomic mass is 16.6. The number of aliphatic carboxylic acids is 1. The number of aliphatic hydroxyl groups is 1. The first-order chi connectivity index (χ1) is 10.5. The van der Waals surface area contributed by atoms with Gasteiger partial charge in [-0.2, -0.15) is 0 Å². The van der Waals surface area contributed by atoms with Crippen LogP contribution >= 0.6 is 0 Å². The third-order valence-corrected chi connectivity index (χ3v) is 5.58. The SMILES string of the molecule is CC(C)(C)OC(=O)[C@H]1C2(O)CC3CC(C2)CC1(NCC(=O)O)C3. The predicted octanol–water partition coefficient (Wildman–Crippen LogP) is 1.31. The topological polar surface area (TPSA) is 95.9 Å². The number of carboxylic acids is 1. The Kier molecular flexibility index (Phi) is 3.76. The minimum atomic E-state index is -1.07. The van der Waals surface area contributed by atoms with Crippen LogP contribution in [0.25, 0.3) is 0 Å². The van der Waals surface area contributed by atoms with Gasteiger partial charge in [0.05, 0.1) is 12.1 Å². The molecule has 4 rings (SSSR count). The highest BCUT2D eigenvalue weighted by Gasteiger charge is 2.66. The highest BCUT2D eigenvalue weighted by Crippen LogP contribution is 2.60. The van der Waals surface area contributed by atoms with Gasteiger partial charge in [0.1, 0.15) is 11.5 Å². The molecule has 0 saturated heterocycles. The number of nitrogens with one attached hydrogen (secondary N) is 1. The van der Waals surface area contributed by atoms with Gasteiger partial charge in [-0.25, -0.2) is 0 Å². The Morgan fingerprint density at radius 3 is 2.22 bits per heavy atom. The molecule has 0 aromatic heterocycles. The Morgan fingerprint density at radius 1 is 1.17 bits per heavy atom. The summed E-state index contributed by atoms with van der Waals surface area (Å²) in [5, 5.41) is 23.3. The number of carbonyl (C=O) groups is 2. The van der Waals surface area contributed by atoms with Gasteiger partial charge in [0.2, 0.25) is 0 Å². The molecule has 4 bridgehead atoms. The van der Waals surface area contributed by atoms with E-state index in [4.69, 9.17) is 9.84 Å². The zero-order valence-electron chi connectivity index (χ0n) is 14.1. The second-order valence-corrected chi connectivity index (χ2v) is 8.76. The summed E-state index contributed by atoms with van der Waals surface area (Å²) in [5.74, 6) is -1.34. The summed E-state index contributed by atoms with van der Waals surface area (Å²) in [7, 11) is 0. The zero-order chi connectivity index (χ0) is 17.0. The third-order valence-electron chi connectivity index (χ3n) is 5.58. The van der Waals surface area contributed by atoms with Crippen molar-refractivity contribution in [2.75, 3.05) is 6.54 Å². The summed E-state index contributed by atoms with van der Waals surface area (Å²) in [6.07, 6.45) is 3.78. The van der Waals surface area contributed by atoms with Crippen LogP contribution < -0.4 is 5.32 Å². The summed E-state index contributed by atoms with van der Waals surface area (Å²) < 4.78 is 5.57. The zero-order valence-corrected chi connectivity index (χ0v) is 14.1. The van der Waals surface area contributed by atoms with Crippen molar-refractivity contribution in [1.82, 2.24) is 5.32 Å². The first-order valence-corrected chi connectivity index (χ1v) is 8.45. The Morgan fingerprint density at radius 2 is 1.74 bits per heavy atom. The van der Waals surface area contributed by atoms with Crippen LogP contribution in [-0.2, 0) is 14.3 Å². The van der Waals surface area contributed by atoms with Crippen molar-refractivity contribution in [3.63, 3.8) is 0 Å². The van der Waals surface area contributed by atoms with Crippen LogP contribution in [0.15, 0.2) is 0 Å². The lowest BCUT2D eigenvalue weighted by molar-refractivity contribution is -0.215. The van der Waals surface area contributed by atoms with Gasteiger partial charge < -0.3 is 20.3 Å². The van der Waals surface area contributed by atoms with E-state index in [0.29, 0.717) is 24.7 Å². The largest absolute Gasteiger partial charge is 0.480 e. The molecule has 6 nitrogen and oxygen atoms in total. The van der Waals surface area contributed by atoms with Gasteiger partial charge in [0.25, 0.3) is 0 Å². The summed E-state index contributed by atoms with van der Waals surface area (Å²) in [6, 6.07) is 0. The molecule has 2 unspecified atom stereocenters. The van der Waals surface area contributed by atoms with Crippen molar-refractivity contribution < 1.29 is 24.5 Å². The third kappa shape index (κ3) is 2.98. The molecule has 0 spiro atoms. The van der Waals surface area contributed by atoms with E-state index in [1.807, 2.05) is 20.8 Å². The van der Waals surface area contributed by atoms with Gasteiger partial charge in [-0.3, -0.25) is 9.59 Å². The first kappa shape index (κ1) is 16.7. The van der Waals surface area contributed by atoms with Gasteiger partial charge in [-0.05, 0) is 64.7 Å². The Labute approximate surface area is 136 Å². The fourth-order valence-electron chi connectivity index (χ4n) is 5.44. The van der Waals surface area contributed by atoms with Crippen LogP contribution in [0.5, 0.6) is 0 Å². The van der Waals surface area contributed by atoms with Crippen molar-refractivity contribution in [3.8, 4) is 0 Å². The molecule has 4 saturated carbocycles. The number of esters is 1. The van der Waals surface area contributed by atoms with Gasteiger partial charge in [-0.1, -0.05) is 0 Å². The molecule has 3 atom stereocenters. The quantitative estimate of drug-likeness (QED) is 0.675. The van der Waals surface area contributed by atoms with Gasteiger partial charge >= 0.3 is 11.9 Å². The van der Waals surface area contributed by atoms with Crippen molar-refractivity contribution in [3.05, 3.63) is 0 Å². The molecule has 0 aliphatic heterocycles. The molecule has 0 heterocycles. The lowest BCUT2D eigenvalue weighted by Gasteiger charge is -2.63. The van der Waals surface area contributed by atoms with E-state index in [1.165, 1.54) is 0 Å². The molecule has 23 heavy (non-hydrogen) atoms. The number of rotatable bonds is 4. The smallest absolute Gasteiger partial charge is 0.317 e. The van der Waals surface area contributed by atoms with Gasteiger partial charge in [0.15, 0.2) is 0 Å². The second-order valence-electron chi connectivity index (χ2n) is 8.76. The maximum Gasteiger partial charge on any atom is 0.317 e. The minimum absolute atomic E-state index is 0.200. The maximum absolute atomic E-state index is 12.8. The minimum Gasteiger partial charge on any atom is -0.480 e. The van der Waals surface area contributed by atoms with Crippen molar-refractivity contribution in [2.24, 2.45) is 17.8 Å². The number of hydrogen-bond donors (Lipinski definition) is 3. The Bertz CT molecular complexity index is 510. The van der Waals surface area contributed by atoms with Crippen LogP contribution in [0.4, 0.5) is 0 Å². The van der Waals surface area contributed by atoms with Crippen LogP contribution in [-0.4, -0.2) is 45.4 Å².